The summed E-state index contributed by atoms with van der Waals surface area (Å²) < 4.78 is 40.6. The summed E-state index contributed by atoms with van der Waals surface area (Å²) in [5.74, 6) is -0.254. The van der Waals surface area contributed by atoms with E-state index in [4.69, 9.17) is 9.47 Å². The largest absolute Gasteiger partial charge is 0.490 e. The van der Waals surface area contributed by atoms with Crippen LogP contribution in [-0.2, 0) is 14.8 Å². The van der Waals surface area contributed by atoms with Crippen molar-refractivity contribution in [3.63, 3.8) is 0 Å². The minimum atomic E-state index is -3.76. The molecular weight excluding hydrogens is 620 g/mol. The van der Waals surface area contributed by atoms with Gasteiger partial charge in [0.25, 0.3) is 5.91 Å². The molecule has 3 amide bonds. The van der Waals surface area contributed by atoms with Crippen molar-refractivity contribution < 1.29 is 32.6 Å². The third-order valence-electron chi connectivity index (χ3n) is 9.14. The van der Waals surface area contributed by atoms with Crippen LogP contribution in [-0.4, -0.2) is 92.3 Å². The van der Waals surface area contributed by atoms with Gasteiger partial charge < -0.3 is 30.1 Å². The van der Waals surface area contributed by atoms with Crippen molar-refractivity contribution in [2.45, 2.75) is 101 Å². The molecule has 2 aromatic rings. The second-order valence-corrected chi connectivity index (χ2v) is 15.1. The second kappa shape index (κ2) is 17.3. The smallest absolute Gasteiger partial charge is 0.319 e. The van der Waals surface area contributed by atoms with Crippen LogP contribution in [0.1, 0.15) is 82.5 Å². The predicted octanol–water partition coefficient (Wildman–Crippen LogP) is 5.26. The van der Waals surface area contributed by atoms with Gasteiger partial charge in [0.05, 0.1) is 35.3 Å². The summed E-state index contributed by atoms with van der Waals surface area (Å²) in [5, 5.41) is 16.2. The molecular formula is C35H52N4O7S. The highest BCUT2D eigenvalue weighted by molar-refractivity contribution is 7.89. The van der Waals surface area contributed by atoms with Crippen molar-refractivity contribution in [3.05, 3.63) is 54.1 Å². The highest BCUT2D eigenvalue weighted by Crippen LogP contribution is 2.29. The molecule has 1 fully saturated rings. The van der Waals surface area contributed by atoms with E-state index < -0.39 is 22.2 Å². The van der Waals surface area contributed by atoms with E-state index in [9.17, 15) is 23.1 Å². The van der Waals surface area contributed by atoms with E-state index >= 15 is 0 Å². The minimum absolute atomic E-state index is 0.0915. The molecule has 1 heterocycles. The number of ether oxygens (including phenoxy) is 2. The zero-order chi connectivity index (χ0) is 34.0. The van der Waals surface area contributed by atoms with E-state index in [2.05, 4.69) is 10.6 Å². The van der Waals surface area contributed by atoms with Gasteiger partial charge in [-0.25, -0.2) is 13.2 Å². The Morgan fingerprint density at radius 1 is 1.04 bits per heavy atom. The average molecular weight is 673 g/mol. The van der Waals surface area contributed by atoms with Gasteiger partial charge >= 0.3 is 6.03 Å². The van der Waals surface area contributed by atoms with Crippen molar-refractivity contribution in [3.8, 4) is 5.75 Å². The number of anilines is 1. The monoisotopic (exact) mass is 672 g/mol. The van der Waals surface area contributed by atoms with Crippen molar-refractivity contribution in [1.29, 1.82) is 0 Å². The number of amides is 3. The minimum Gasteiger partial charge on any atom is -0.490 e. The molecule has 0 bridgehead atoms. The van der Waals surface area contributed by atoms with E-state index in [0.717, 1.165) is 44.9 Å². The normalized spacial score (nSPS) is 22.9. The van der Waals surface area contributed by atoms with E-state index in [1.54, 1.807) is 60.4 Å². The van der Waals surface area contributed by atoms with Crippen molar-refractivity contribution in [1.82, 2.24) is 14.5 Å². The van der Waals surface area contributed by atoms with Gasteiger partial charge in [-0.05, 0) is 76.3 Å². The van der Waals surface area contributed by atoms with E-state index in [1.807, 2.05) is 13.8 Å². The lowest BCUT2D eigenvalue weighted by Crippen LogP contribution is -2.48. The molecule has 1 saturated carbocycles. The van der Waals surface area contributed by atoms with Gasteiger partial charge in [-0.2, -0.15) is 4.31 Å². The molecule has 0 unspecified atom stereocenters. The van der Waals surface area contributed by atoms with Crippen LogP contribution in [0.3, 0.4) is 0 Å². The summed E-state index contributed by atoms with van der Waals surface area (Å²) in [5.41, 5.74) is 0.736. The third-order valence-corrected chi connectivity index (χ3v) is 11.0. The van der Waals surface area contributed by atoms with E-state index in [1.165, 1.54) is 17.8 Å². The van der Waals surface area contributed by atoms with Gasteiger partial charge in [-0.1, -0.05) is 44.4 Å². The molecule has 0 spiro atoms. The number of likely N-dealkylation sites (N-methyl/N-ethyl adjacent to an activating group) is 1. The number of urea groups is 1. The van der Waals surface area contributed by atoms with Gasteiger partial charge in [0.2, 0.25) is 10.0 Å². The Bertz CT molecular complexity index is 1420. The maximum atomic E-state index is 14.3. The van der Waals surface area contributed by atoms with Crippen LogP contribution in [0.25, 0.3) is 0 Å². The number of nitrogens with one attached hydrogen (secondary N) is 2. The van der Waals surface area contributed by atoms with Gasteiger partial charge in [0.1, 0.15) is 5.75 Å². The molecule has 0 saturated heterocycles. The van der Waals surface area contributed by atoms with Crippen molar-refractivity contribution >= 4 is 27.6 Å². The van der Waals surface area contributed by atoms with Crippen LogP contribution in [0.5, 0.6) is 5.75 Å². The topological polar surface area (TPSA) is 138 Å². The number of rotatable bonds is 8. The molecule has 4 atom stereocenters. The van der Waals surface area contributed by atoms with Crippen LogP contribution in [0.4, 0.5) is 10.5 Å². The first-order valence-corrected chi connectivity index (χ1v) is 18.4. The molecule has 47 heavy (non-hydrogen) atoms. The van der Waals surface area contributed by atoms with E-state index in [0.29, 0.717) is 18.0 Å². The zero-order valence-electron chi connectivity index (χ0n) is 28.2. The highest BCUT2D eigenvalue weighted by atomic mass is 32.2. The molecule has 260 valence electrons. The number of aliphatic hydroxyl groups excluding tert-OH is 1. The molecule has 0 aromatic heterocycles. The molecule has 2 aliphatic rings. The molecule has 3 N–H and O–H groups in total. The number of hydrogen-bond acceptors (Lipinski definition) is 7. The number of fused-ring (bicyclic) bond motifs is 1. The fourth-order valence-electron chi connectivity index (χ4n) is 6.19. The molecule has 4 rings (SSSR count). The van der Waals surface area contributed by atoms with Gasteiger partial charge in [-0.3, -0.25) is 4.79 Å². The Labute approximate surface area is 280 Å². The average Bonchev–Trinajstić information content (AvgIpc) is 3.06. The van der Waals surface area contributed by atoms with Crippen LogP contribution in [0, 0.1) is 5.92 Å². The lowest BCUT2D eigenvalue weighted by atomic mass is 9.96. The number of carbonyl (C=O) groups is 2. The fraction of sp³-hybridized carbons (Fsp3) is 0.600. The Hall–Kier alpha value is -3.19. The van der Waals surface area contributed by atoms with E-state index in [-0.39, 0.29) is 60.2 Å². The first-order valence-electron chi connectivity index (χ1n) is 16.9. The number of carbonyl (C=O) groups excluding carboxylic acids is 2. The number of aliphatic hydroxyl groups is 1. The Morgan fingerprint density at radius 2 is 1.74 bits per heavy atom. The Morgan fingerprint density at radius 3 is 2.45 bits per heavy atom. The predicted molar refractivity (Wildman–Crippen MR) is 182 cm³/mol. The molecule has 1 aliphatic carbocycles. The number of sulfonamides is 1. The summed E-state index contributed by atoms with van der Waals surface area (Å²) in [6.45, 7) is 6.08. The lowest BCUT2D eigenvalue weighted by Gasteiger charge is -2.35. The lowest BCUT2D eigenvalue weighted by molar-refractivity contribution is -0.00833. The number of hydrogen-bond donors (Lipinski definition) is 3. The molecule has 12 heteroatoms. The van der Waals surface area contributed by atoms with Gasteiger partial charge in [0.15, 0.2) is 0 Å². The molecule has 0 radical (unpaired) electrons. The molecule has 11 nitrogen and oxygen atoms in total. The maximum absolute atomic E-state index is 14.3. The fourth-order valence-corrected chi connectivity index (χ4v) is 7.39. The maximum Gasteiger partial charge on any atom is 0.319 e. The Balaban J connectivity index is 1.60. The zero-order valence-corrected chi connectivity index (χ0v) is 29.0. The first-order chi connectivity index (χ1) is 22.5. The van der Waals surface area contributed by atoms with Gasteiger partial charge in [0, 0.05) is 44.4 Å². The summed E-state index contributed by atoms with van der Waals surface area (Å²) in [6, 6.07) is 12.6. The quantitative estimate of drug-likeness (QED) is 0.348. The van der Waals surface area contributed by atoms with Crippen molar-refractivity contribution in [2.24, 2.45) is 5.92 Å². The molecule has 1 aliphatic heterocycles. The molecule has 2 aromatic carbocycles. The number of nitrogens with zero attached hydrogens (tertiary/aromatic N) is 2. The standard InChI is InChI=1S/C35H52N4O7S/c1-25-22-39(26(2)24-40)34(41)31-21-29(37-35(42)36-28-14-7-5-8-15-28)18-19-32(31)46-27(3)13-11-12-20-45-33(25)23-38(4)47(43,44)30-16-9-6-10-17-30/h6,9-10,16-19,21,25-28,33,40H,5,7-8,11-15,20,22-24H2,1-4H3,(H2,36,37,42)/t25-,26-,27-,33+/m0/s1. The van der Waals surface area contributed by atoms with Crippen LogP contribution < -0.4 is 15.4 Å². The summed E-state index contributed by atoms with van der Waals surface area (Å²) >= 11 is 0. The summed E-state index contributed by atoms with van der Waals surface area (Å²) in [7, 11) is -2.22. The Kier molecular flexibility index (Phi) is 13.5. The number of benzene rings is 2. The van der Waals surface area contributed by atoms with Crippen molar-refractivity contribution in [2.75, 3.05) is 38.7 Å². The summed E-state index contributed by atoms with van der Waals surface area (Å²) in [6.07, 6.45) is 6.85. The second-order valence-electron chi connectivity index (χ2n) is 13.0. The van der Waals surface area contributed by atoms with Crippen LogP contribution in [0.2, 0.25) is 0 Å². The van der Waals surface area contributed by atoms with Crippen LogP contribution in [0.15, 0.2) is 53.4 Å². The van der Waals surface area contributed by atoms with Gasteiger partial charge in [-0.15, -0.1) is 0 Å². The highest BCUT2D eigenvalue weighted by Gasteiger charge is 2.32. The van der Waals surface area contributed by atoms with Crippen LogP contribution >= 0.6 is 0 Å². The summed E-state index contributed by atoms with van der Waals surface area (Å²) in [4.78, 5) is 29.0. The SMILES string of the molecule is C[C@H]1CCCCO[C@H](CN(C)S(=O)(=O)c2ccccc2)[C@@H](C)CN([C@@H](C)CO)C(=O)c2cc(NC(=O)NC3CCCCC3)ccc2O1. The third kappa shape index (κ3) is 10.2. The first kappa shape index (κ1) is 36.6.